The number of hydrogen-bond acceptors (Lipinski definition) is 3. The molecule has 1 fully saturated rings. The van der Waals surface area contributed by atoms with Crippen molar-refractivity contribution < 1.29 is 9.53 Å². The Morgan fingerprint density at radius 3 is 2.94 bits per heavy atom. The summed E-state index contributed by atoms with van der Waals surface area (Å²) in [5, 5.41) is 5.12. The van der Waals surface area contributed by atoms with Gasteiger partial charge in [-0.05, 0) is 17.9 Å². The Labute approximate surface area is 106 Å². The van der Waals surface area contributed by atoms with Gasteiger partial charge in [0.15, 0.2) is 0 Å². The first kappa shape index (κ1) is 12.4. The SMILES string of the molecule is CCC(NC(=O)N1CCOCC1)c1cccs1. The van der Waals surface area contributed by atoms with Gasteiger partial charge in [0, 0.05) is 18.0 Å². The van der Waals surface area contributed by atoms with Crippen LogP contribution in [0.3, 0.4) is 0 Å². The zero-order valence-corrected chi connectivity index (χ0v) is 10.8. The van der Waals surface area contributed by atoms with Gasteiger partial charge in [0.2, 0.25) is 0 Å². The van der Waals surface area contributed by atoms with Crippen LogP contribution in [0.1, 0.15) is 24.3 Å². The molecule has 0 aliphatic carbocycles. The minimum Gasteiger partial charge on any atom is -0.378 e. The summed E-state index contributed by atoms with van der Waals surface area (Å²) in [5.74, 6) is 0. The van der Waals surface area contributed by atoms with Gasteiger partial charge in [-0.15, -0.1) is 11.3 Å². The van der Waals surface area contributed by atoms with Gasteiger partial charge in [-0.2, -0.15) is 0 Å². The minimum atomic E-state index is 0.0218. The van der Waals surface area contributed by atoms with E-state index in [0.717, 1.165) is 6.42 Å². The molecule has 4 nitrogen and oxygen atoms in total. The van der Waals surface area contributed by atoms with E-state index in [4.69, 9.17) is 4.74 Å². The molecule has 5 heteroatoms. The summed E-state index contributed by atoms with van der Waals surface area (Å²) in [7, 11) is 0. The number of carbonyl (C=O) groups excluding carboxylic acids is 1. The molecule has 1 aliphatic heterocycles. The number of thiophene rings is 1. The number of ether oxygens (including phenoxy) is 1. The zero-order chi connectivity index (χ0) is 12.1. The molecule has 0 aromatic carbocycles. The van der Waals surface area contributed by atoms with Crippen LogP contribution >= 0.6 is 11.3 Å². The van der Waals surface area contributed by atoms with Crippen molar-refractivity contribution in [2.45, 2.75) is 19.4 Å². The summed E-state index contributed by atoms with van der Waals surface area (Å²) in [6, 6.07) is 4.24. The van der Waals surface area contributed by atoms with E-state index in [0.29, 0.717) is 26.3 Å². The Morgan fingerprint density at radius 2 is 2.35 bits per heavy atom. The van der Waals surface area contributed by atoms with E-state index in [1.807, 2.05) is 16.3 Å². The molecule has 1 aromatic rings. The normalized spacial score (nSPS) is 17.8. The van der Waals surface area contributed by atoms with Crippen molar-refractivity contribution in [3.8, 4) is 0 Å². The van der Waals surface area contributed by atoms with Crippen molar-refractivity contribution >= 4 is 17.4 Å². The summed E-state index contributed by atoms with van der Waals surface area (Å²) in [5.41, 5.74) is 0. The molecule has 1 aliphatic rings. The molecule has 1 aromatic heterocycles. The number of nitrogens with one attached hydrogen (secondary N) is 1. The van der Waals surface area contributed by atoms with Crippen LogP contribution < -0.4 is 5.32 Å². The fraction of sp³-hybridized carbons (Fsp3) is 0.583. The number of carbonyl (C=O) groups is 1. The standard InChI is InChI=1S/C12H18N2O2S/c1-2-10(11-4-3-9-17-11)13-12(15)14-5-7-16-8-6-14/h3-4,9-10H,2,5-8H2,1H3,(H,13,15). The van der Waals surface area contributed by atoms with Gasteiger partial charge < -0.3 is 15.0 Å². The van der Waals surface area contributed by atoms with Gasteiger partial charge >= 0.3 is 6.03 Å². The first-order valence-electron chi connectivity index (χ1n) is 5.98. The summed E-state index contributed by atoms with van der Waals surface area (Å²) in [6.07, 6.45) is 0.913. The molecular formula is C12H18N2O2S. The quantitative estimate of drug-likeness (QED) is 0.898. The highest BCUT2D eigenvalue weighted by atomic mass is 32.1. The highest BCUT2D eigenvalue weighted by Crippen LogP contribution is 2.21. The molecule has 0 spiro atoms. The lowest BCUT2D eigenvalue weighted by atomic mass is 10.2. The molecule has 1 N–H and O–H groups in total. The second kappa shape index (κ2) is 6.02. The molecule has 17 heavy (non-hydrogen) atoms. The van der Waals surface area contributed by atoms with Crippen LogP contribution in [0.4, 0.5) is 4.79 Å². The highest BCUT2D eigenvalue weighted by Gasteiger charge is 2.20. The molecule has 0 bridgehead atoms. The first-order valence-corrected chi connectivity index (χ1v) is 6.86. The van der Waals surface area contributed by atoms with Crippen LogP contribution in [0.15, 0.2) is 17.5 Å². The van der Waals surface area contributed by atoms with Gasteiger partial charge in [0.1, 0.15) is 0 Å². The maximum Gasteiger partial charge on any atom is 0.318 e. The van der Waals surface area contributed by atoms with Crippen molar-refractivity contribution in [2.24, 2.45) is 0 Å². The first-order chi connectivity index (χ1) is 8.31. The summed E-state index contributed by atoms with van der Waals surface area (Å²) < 4.78 is 5.23. The van der Waals surface area contributed by atoms with Crippen molar-refractivity contribution in [3.05, 3.63) is 22.4 Å². The van der Waals surface area contributed by atoms with E-state index in [-0.39, 0.29) is 12.1 Å². The molecule has 1 unspecified atom stereocenters. The molecule has 94 valence electrons. The van der Waals surface area contributed by atoms with E-state index in [2.05, 4.69) is 18.3 Å². The zero-order valence-electron chi connectivity index (χ0n) is 10.0. The van der Waals surface area contributed by atoms with Crippen molar-refractivity contribution in [1.82, 2.24) is 10.2 Å². The van der Waals surface area contributed by atoms with Crippen LogP contribution in [-0.4, -0.2) is 37.2 Å². The molecule has 0 saturated carbocycles. The number of hydrogen-bond donors (Lipinski definition) is 1. The van der Waals surface area contributed by atoms with Gasteiger partial charge in [0.05, 0.1) is 19.3 Å². The number of rotatable bonds is 3. The Kier molecular flexibility index (Phi) is 4.39. The predicted molar refractivity (Wildman–Crippen MR) is 68.3 cm³/mol. The average molecular weight is 254 g/mol. The largest absolute Gasteiger partial charge is 0.378 e. The van der Waals surface area contributed by atoms with E-state index in [1.54, 1.807) is 11.3 Å². The third-order valence-corrected chi connectivity index (χ3v) is 3.88. The molecule has 2 heterocycles. The van der Waals surface area contributed by atoms with Crippen LogP contribution in [0.25, 0.3) is 0 Å². The number of morpholine rings is 1. The molecule has 2 amide bonds. The smallest absolute Gasteiger partial charge is 0.318 e. The third-order valence-electron chi connectivity index (χ3n) is 2.89. The van der Waals surface area contributed by atoms with E-state index < -0.39 is 0 Å². The fourth-order valence-electron chi connectivity index (χ4n) is 1.87. The van der Waals surface area contributed by atoms with Crippen LogP contribution in [0, 0.1) is 0 Å². The second-order valence-electron chi connectivity index (χ2n) is 4.03. The van der Waals surface area contributed by atoms with Crippen LogP contribution in [0.2, 0.25) is 0 Å². The van der Waals surface area contributed by atoms with Gasteiger partial charge in [-0.25, -0.2) is 4.79 Å². The Hall–Kier alpha value is -1.07. The maximum atomic E-state index is 12.0. The number of urea groups is 1. The van der Waals surface area contributed by atoms with E-state index in [9.17, 15) is 4.79 Å². The van der Waals surface area contributed by atoms with E-state index >= 15 is 0 Å². The van der Waals surface area contributed by atoms with Crippen molar-refractivity contribution in [2.75, 3.05) is 26.3 Å². The molecule has 1 saturated heterocycles. The van der Waals surface area contributed by atoms with Crippen LogP contribution in [-0.2, 0) is 4.74 Å². The second-order valence-corrected chi connectivity index (χ2v) is 5.00. The molecule has 2 rings (SSSR count). The summed E-state index contributed by atoms with van der Waals surface area (Å²) in [6.45, 7) is 4.75. The monoisotopic (exact) mass is 254 g/mol. The molecule has 0 radical (unpaired) electrons. The Morgan fingerprint density at radius 1 is 1.59 bits per heavy atom. The topological polar surface area (TPSA) is 41.6 Å². The number of amides is 2. The molecular weight excluding hydrogens is 236 g/mol. The fourth-order valence-corrected chi connectivity index (χ4v) is 2.73. The van der Waals surface area contributed by atoms with Crippen LogP contribution in [0.5, 0.6) is 0 Å². The minimum absolute atomic E-state index is 0.0218. The highest BCUT2D eigenvalue weighted by molar-refractivity contribution is 7.10. The van der Waals surface area contributed by atoms with Gasteiger partial charge in [-0.3, -0.25) is 0 Å². The lowest BCUT2D eigenvalue weighted by Gasteiger charge is -2.28. The lowest BCUT2D eigenvalue weighted by Crippen LogP contribution is -2.47. The Bertz CT molecular complexity index is 347. The van der Waals surface area contributed by atoms with Crippen molar-refractivity contribution in [1.29, 1.82) is 0 Å². The summed E-state index contributed by atoms with van der Waals surface area (Å²) >= 11 is 1.69. The number of nitrogens with zero attached hydrogens (tertiary/aromatic N) is 1. The predicted octanol–water partition coefficient (Wildman–Crippen LogP) is 2.24. The third kappa shape index (κ3) is 3.20. The van der Waals surface area contributed by atoms with Gasteiger partial charge in [-0.1, -0.05) is 13.0 Å². The summed E-state index contributed by atoms with van der Waals surface area (Å²) in [4.78, 5) is 15.1. The molecule has 1 atom stereocenters. The Balaban J connectivity index is 1.92. The average Bonchev–Trinajstić information content (AvgIpc) is 2.90. The maximum absolute atomic E-state index is 12.0. The van der Waals surface area contributed by atoms with E-state index in [1.165, 1.54) is 4.88 Å². The van der Waals surface area contributed by atoms with Crippen molar-refractivity contribution in [3.63, 3.8) is 0 Å². The lowest BCUT2D eigenvalue weighted by molar-refractivity contribution is 0.0525. The van der Waals surface area contributed by atoms with Gasteiger partial charge in [0.25, 0.3) is 0 Å².